The lowest BCUT2D eigenvalue weighted by molar-refractivity contribution is 0.0634. The van der Waals surface area contributed by atoms with Gasteiger partial charge in [0.1, 0.15) is 11.4 Å². The predicted molar refractivity (Wildman–Crippen MR) is 68.0 cm³/mol. The zero-order valence-electron chi connectivity index (χ0n) is 11.2. The number of nitrogens with one attached hydrogen (secondary N) is 1. The minimum Gasteiger partial charge on any atom is -0.478 e. The zero-order chi connectivity index (χ0) is 14.8. The maximum atomic E-state index is 13.7. The second-order valence-corrected chi connectivity index (χ2v) is 5.08. The third kappa shape index (κ3) is 4.24. The second-order valence-electron chi connectivity index (χ2n) is 5.08. The largest absolute Gasteiger partial charge is 0.478 e. The summed E-state index contributed by atoms with van der Waals surface area (Å²) in [5.74, 6) is -2.05. The van der Waals surface area contributed by atoms with Crippen molar-refractivity contribution >= 4 is 17.7 Å². The Bertz CT molecular complexity index is 497. The van der Waals surface area contributed by atoms with Crippen LogP contribution in [0.4, 0.5) is 14.9 Å². The summed E-state index contributed by atoms with van der Waals surface area (Å²) in [5, 5.41) is 11.1. The minimum absolute atomic E-state index is 0.0840. The van der Waals surface area contributed by atoms with Gasteiger partial charge in [0.05, 0.1) is 11.3 Å². The molecule has 1 rings (SSSR count). The Labute approximate surface area is 110 Å². The molecule has 104 valence electrons. The molecule has 0 saturated carbocycles. The van der Waals surface area contributed by atoms with Crippen LogP contribution in [0.5, 0.6) is 0 Å². The van der Waals surface area contributed by atoms with E-state index in [1.807, 2.05) is 0 Å². The summed E-state index contributed by atoms with van der Waals surface area (Å²) in [6, 6.07) is 2.13. The van der Waals surface area contributed by atoms with Gasteiger partial charge in [0, 0.05) is 0 Å². The summed E-state index contributed by atoms with van der Waals surface area (Å²) in [5.41, 5.74) is -0.651. The first-order valence-electron chi connectivity index (χ1n) is 5.63. The van der Waals surface area contributed by atoms with Gasteiger partial charge in [0.2, 0.25) is 0 Å². The molecular formula is C13H16FNO4. The van der Waals surface area contributed by atoms with Crippen LogP contribution in [0.3, 0.4) is 0 Å². The SMILES string of the molecule is Cc1cc(C(=O)O)cc(F)c1NC(=O)OC(C)(C)C. The summed E-state index contributed by atoms with van der Waals surface area (Å²) in [4.78, 5) is 22.3. The zero-order valence-corrected chi connectivity index (χ0v) is 11.2. The summed E-state index contributed by atoms with van der Waals surface area (Å²) < 4.78 is 18.7. The van der Waals surface area contributed by atoms with E-state index in [0.717, 1.165) is 6.07 Å². The molecule has 0 fully saturated rings. The van der Waals surface area contributed by atoms with E-state index in [1.165, 1.54) is 13.0 Å². The van der Waals surface area contributed by atoms with E-state index in [0.29, 0.717) is 5.56 Å². The van der Waals surface area contributed by atoms with Crippen molar-refractivity contribution in [2.24, 2.45) is 0 Å². The average molecular weight is 269 g/mol. The van der Waals surface area contributed by atoms with E-state index in [4.69, 9.17) is 9.84 Å². The van der Waals surface area contributed by atoms with Gasteiger partial charge in [-0.15, -0.1) is 0 Å². The third-order valence-corrected chi connectivity index (χ3v) is 2.16. The van der Waals surface area contributed by atoms with Crippen LogP contribution in [0.1, 0.15) is 36.7 Å². The Hall–Kier alpha value is -2.11. The molecule has 0 aromatic heterocycles. The number of carboxylic acids is 1. The van der Waals surface area contributed by atoms with Crippen molar-refractivity contribution in [1.29, 1.82) is 0 Å². The van der Waals surface area contributed by atoms with Gasteiger partial charge < -0.3 is 9.84 Å². The van der Waals surface area contributed by atoms with Crippen LogP contribution < -0.4 is 5.32 Å². The molecule has 19 heavy (non-hydrogen) atoms. The number of aromatic carboxylic acids is 1. The fraction of sp³-hybridized carbons (Fsp3) is 0.385. The lowest BCUT2D eigenvalue weighted by atomic mass is 10.1. The fourth-order valence-electron chi connectivity index (χ4n) is 1.43. The van der Waals surface area contributed by atoms with Crippen molar-refractivity contribution < 1.29 is 23.8 Å². The molecule has 0 saturated heterocycles. The first-order chi connectivity index (χ1) is 8.60. The molecule has 0 aliphatic carbocycles. The Morgan fingerprint density at radius 2 is 1.89 bits per heavy atom. The first kappa shape index (κ1) is 14.9. The lowest BCUT2D eigenvalue weighted by Crippen LogP contribution is -2.27. The van der Waals surface area contributed by atoms with Gasteiger partial charge in [0.25, 0.3) is 0 Å². The minimum atomic E-state index is -1.23. The van der Waals surface area contributed by atoms with Crippen LogP contribution in [0.2, 0.25) is 0 Å². The number of hydrogen-bond donors (Lipinski definition) is 2. The molecule has 0 bridgehead atoms. The summed E-state index contributed by atoms with van der Waals surface area (Å²) >= 11 is 0. The number of benzene rings is 1. The molecule has 0 radical (unpaired) electrons. The third-order valence-electron chi connectivity index (χ3n) is 2.16. The molecule has 0 aliphatic rings. The fourth-order valence-corrected chi connectivity index (χ4v) is 1.43. The molecule has 1 amide bonds. The van der Waals surface area contributed by atoms with E-state index in [-0.39, 0.29) is 11.3 Å². The molecule has 0 heterocycles. The smallest absolute Gasteiger partial charge is 0.412 e. The normalized spacial score (nSPS) is 11.0. The van der Waals surface area contributed by atoms with Crippen molar-refractivity contribution in [3.8, 4) is 0 Å². The molecule has 0 atom stereocenters. The lowest BCUT2D eigenvalue weighted by Gasteiger charge is -2.20. The van der Waals surface area contributed by atoms with Gasteiger partial charge in [0.15, 0.2) is 0 Å². The maximum absolute atomic E-state index is 13.7. The highest BCUT2D eigenvalue weighted by atomic mass is 19.1. The van der Waals surface area contributed by atoms with Crippen LogP contribution in [-0.2, 0) is 4.74 Å². The number of aryl methyl sites for hydroxylation is 1. The molecule has 0 unspecified atom stereocenters. The number of carbonyl (C=O) groups excluding carboxylic acids is 1. The number of amides is 1. The Kier molecular flexibility index (Phi) is 4.14. The van der Waals surface area contributed by atoms with Crippen LogP contribution in [-0.4, -0.2) is 22.8 Å². The Morgan fingerprint density at radius 3 is 2.32 bits per heavy atom. The molecule has 0 spiro atoms. The standard InChI is InChI=1S/C13H16FNO4/c1-7-5-8(11(16)17)6-9(14)10(7)15-12(18)19-13(2,3)4/h5-6H,1-4H3,(H,15,18)(H,16,17). The van der Waals surface area contributed by atoms with Gasteiger partial charge in [-0.05, 0) is 45.4 Å². The number of carbonyl (C=O) groups is 2. The quantitative estimate of drug-likeness (QED) is 0.864. The van der Waals surface area contributed by atoms with Crippen LogP contribution in [0.15, 0.2) is 12.1 Å². The van der Waals surface area contributed by atoms with E-state index in [9.17, 15) is 14.0 Å². The van der Waals surface area contributed by atoms with Crippen LogP contribution in [0, 0.1) is 12.7 Å². The van der Waals surface area contributed by atoms with E-state index < -0.39 is 23.5 Å². The Balaban J connectivity index is 2.97. The van der Waals surface area contributed by atoms with Crippen molar-refractivity contribution in [2.75, 3.05) is 5.32 Å². The molecular weight excluding hydrogens is 253 g/mol. The molecule has 5 nitrogen and oxygen atoms in total. The summed E-state index contributed by atoms with van der Waals surface area (Å²) in [7, 11) is 0. The number of hydrogen-bond acceptors (Lipinski definition) is 3. The summed E-state index contributed by atoms with van der Waals surface area (Å²) in [6.45, 7) is 6.55. The summed E-state index contributed by atoms with van der Waals surface area (Å²) in [6.07, 6.45) is -0.794. The van der Waals surface area contributed by atoms with Crippen molar-refractivity contribution in [3.63, 3.8) is 0 Å². The van der Waals surface area contributed by atoms with Crippen molar-refractivity contribution in [3.05, 3.63) is 29.1 Å². The number of carboxylic acid groups (broad SMARTS) is 1. The van der Waals surface area contributed by atoms with Gasteiger partial charge in [-0.2, -0.15) is 0 Å². The predicted octanol–water partition coefficient (Wildman–Crippen LogP) is 3.18. The van der Waals surface area contributed by atoms with Gasteiger partial charge in [-0.3, -0.25) is 5.32 Å². The maximum Gasteiger partial charge on any atom is 0.412 e. The van der Waals surface area contributed by atoms with E-state index in [1.54, 1.807) is 20.8 Å². The molecule has 1 aromatic rings. The topological polar surface area (TPSA) is 75.6 Å². The molecule has 1 aromatic carbocycles. The molecule has 0 aliphatic heterocycles. The molecule has 2 N–H and O–H groups in total. The monoisotopic (exact) mass is 269 g/mol. The van der Waals surface area contributed by atoms with Gasteiger partial charge in [-0.25, -0.2) is 14.0 Å². The van der Waals surface area contributed by atoms with Crippen molar-refractivity contribution in [2.45, 2.75) is 33.3 Å². The number of rotatable bonds is 2. The van der Waals surface area contributed by atoms with Gasteiger partial charge in [-0.1, -0.05) is 0 Å². The van der Waals surface area contributed by atoms with Crippen LogP contribution in [0.25, 0.3) is 0 Å². The second kappa shape index (κ2) is 5.26. The van der Waals surface area contributed by atoms with E-state index >= 15 is 0 Å². The number of halogens is 1. The average Bonchev–Trinajstić information content (AvgIpc) is 2.20. The Morgan fingerprint density at radius 1 is 1.32 bits per heavy atom. The van der Waals surface area contributed by atoms with Crippen molar-refractivity contribution in [1.82, 2.24) is 0 Å². The van der Waals surface area contributed by atoms with Gasteiger partial charge >= 0.3 is 12.1 Å². The highest BCUT2D eigenvalue weighted by molar-refractivity contribution is 5.91. The molecule has 6 heteroatoms. The first-order valence-corrected chi connectivity index (χ1v) is 5.63. The van der Waals surface area contributed by atoms with Crippen LogP contribution >= 0.6 is 0 Å². The highest BCUT2D eigenvalue weighted by Crippen LogP contribution is 2.22. The van der Waals surface area contributed by atoms with E-state index in [2.05, 4.69) is 5.32 Å². The number of anilines is 1. The number of ether oxygens (including phenoxy) is 1. The highest BCUT2D eigenvalue weighted by Gasteiger charge is 2.19.